The van der Waals surface area contributed by atoms with Crippen molar-refractivity contribution in [3.63, 3.8) is 0 Å². The highest BCUT2D eigenvalue weighted by Gasteiger charge is 2.20. The molecule has 1 aliphatic heterocycles. The molecule has 1 fully saturated rings. The highest BCUT2D eigenvalue weighted by molar-refractivity contribution is 5.78. The lowest BCUT2D eigenvalue weighted by Crippen LogP contribution is -2.49. The Kier molecular flexibility index (Phi) is 4.52. The molecular formula is C13H17N3O4. The molecule has 2 rings (SSSR count). The summed E-state index contributed by atoms with van der Waals surface area (Å²) in [6.07, 6.45) is 0. The number of hydrogen-bond donors (Lipinski definition) is 0. The van der Waals surface area contributed by atoms with E-state index in [9.17, 15) is 14.9 Å². The van der Waals surface area contributed by atoms with Crippen LogP contribution in [0.4, 0.5) is 5.69 Å². The minimum Gasteiger partial charge on any atom is -0.492 e. The molecule has 7 nitrogen and oxygen atoms in total. The SMILES string of the molecule is CN1CCN(CCOc2ccc([N+](=O)[O-])cc2)CC1=O. The van der Waals surface area contributed by atoms with E-state index in [2.05, 4.69) is 0 Å². The van der Waals surface area contributed by atoms with Gasteiger partial charge >= 0.3 is 0 Å². The zero-order chi connectivity index (χ0) is 14.5. The molecule has 1 saturated heterocycles. The first-order valence-electron chi connectivity index (χ1n) is 6.40. The summed E-state index contributed by atoms with van der Waals surface area (Å²) >= 11 is 0. The monoisotopic (exact) mass is 279 g/mol. The molecule has 0 aromatic heterocycles. The highest BCUT2D eigenvalue weighted by atomic mass is 16.6. The van der Waals surface area contributed by atoms with Crippen LogP contribution >= 0.6 is 0 Å². The van der Waals surface area contributed by atoms with Crippen molar-refractivity contribution in [2.45, 2.75) is 0 Å². The van der Waals surface area contributed by atoms with Crippen LogP contribution in [-0.4, -0.2) is 60.5 Å². The van der Waals surface area contributed by atoms with E-state index in [-0.39, 0.29) is 11.6 Å². The number of nitro benzene ring substituents is 1. The van der Waals surface area contributed by atoms with Gasteiger partial charge in [0.25, 0.3) is 5.69 Å². The largest absolute Gasteiger partial charge is 0.492 e. The van der Waals surface area contributed by atoms with Gasteiger partial charge in [0.2, 0.25) is 5.91 Å². The van der Waals surface area contributed by atoms with Crippen LogP contribution < -0.4 is 4.74 Å². The average molecular weight is 279 g/mol. The number of carbonyl (C=O) groups excluding carboxylic acids is 1. The number of likely N-dealkylation sites (N-methyl/N-ethyl adjacent to an activating group) is 1. The van der Waals surface area contributed by atoms with Crippen molar-refractivity contribution in [3.05, 3.63) is 34.4 Å². The molecule has 1 aliphatic rings. The standard InChI is InChI=1S/C13H17N3O4/c1-14-6-7-15(10-13(14)17)8-9-20-12-4-2-11(3-5-12)16(18)19/h2-5H,6-10H2,1H3. The van der Waals surface area contributed by atoms with Crippen molar-refractivity contribution in [1.82, 2.24) is 9.80 Å². The second kappa shape index (κ2) is 6.33. The molecule has 1 amide bonds. The van der Waals surface area contributed by atoms with Crippen LogP contribution in [0.25, 0.3) is 0 Å². The Labute approximate surface area is 116 Å². The van der Waals surface area contributed by atoms with Crippen molar-refractivity contribution in [3.8, 4) is 5.75 Å². The normalized spacial score (nSPS) is 16.2. The Hall–Kier alpha value is -2.15. The number of ether oxygens (including phenoxy) is 1. The van der Waals surface area contributed by atoms with Crippen LogP contribution in [0.15, 0.2) is 24.3 Å². The van der Waals surface area contributed by atoms with E-state index in [4.69, 9.17) is 4.74 Å². The third kappa shape index (κ3) is 3.67. The fraction of sp³-hybridized carbons (Fsp3) is 0.462. The van der Waals surface area contributed by atoms with Gasteiger partial charge in [0.1, 0.15) is 12.4 Å². The third-order valence-electron chi connectivity index (χ3n) is 3.26. The Balaban J connectivity index is 1.75. The zero-order valence-corrected chi connectivity index (χ0v) is 11.3. The summed E-state index contributed by atoms with van der Waals surface area (Å²) in [7, 11) is 1.80. The fourth-order valence-corrected chi connectivity index (χ4v) is 1.95. The van der Waals surface area contributed by atoms with Crippen molar-refractivity contribution in [1.29, 1.82) is 0 Å². The Morgan fingerprint density at radius 1 is 1.30 bits per heavy atom. The predicted octanol–water partition coefficient (Wildman–Crippen LogP) is 0.748. The minimum atomic E-state index is -0.445. The van der Waals surface area contributed by atoms with E-state index >= 15 is 0 Å². The number of nitro groups is 1. The topological polar surface area (TPSA) is 75.9 Å². The summed E-state index contributed by atoms with van der Waals surface area (Å²) in [6, 6.07) is 5.98. The molecule has 108 valence electrons. The second-order valence-corrected chi connectivity index (χ2v) is 4.69. The van der Waals surface area contributed by atoms with Crippen molar-refractivity contribution >= 4 is 11.6 Å². The lowest BCUT2D eigenvalue weighted by Gasteiger charge is -2.31. The second-order valence-electron chi connectivity index (χ2n) is 4.69. The quantitative estimate of drug-likeness (QED) is 0.587. The summed E-state index contributed by atoms with van der Waals surface area (Å²) < 4.78 is 5.52. The van der Waals surface area contributed by atoms with Crippen LogP contribution in [0.5, 0.6) is 5.75 Å². The lowest BCUT2D eigenvalue weighted by molar-refractivity contribution is -0.384. The summed E-state index contributed by atoms with van der Waals surface area (Å²) in [5, 5.41) is 10.5. The molecule has 0 unspecified atom stereocenters. The van der Waals surface area contributed by atoms with Crippen molar-refractivity contribution < 1.29 is 14.5 Å². The molecule has 0 spiro atoms. The Morgan fingerprint density at radius 2 is 2.00 bits per heavy atom. The zero-order valence-electron chi connectivity index (χ0n) is 11.3. The first-order chi connectivity index (χ1) is 9.56. The van der Waals surface area contributed by atoms with Crippen molar-refractivity contribution in [2.75, 3.05) is 39.8 Å². The maximum atomic E-state index is 11.5. The van der Waals surface area contributed by atoms with Crippen LogP contribution in [0.3, 0.4) is 0 Å². The smallest absolute Gasteiger partial charge is 0.269 e. The Morgan fingerprint density at radius 3 is 2.60 bits per heavy atom. The van der Waals surface area contributed by atoms with Gasteiger partial charge in [-0.05, 0) is 12.1 Å². The third-order valence-corrected chi connectivity index (χ3v) is 3.26. The number of piperazine rings is 1. The van der Waals surface area contributed by atoms with Gasteiger partial charge in [-0.3, -0.25) is 19.8 Å². The molecule has 0 bridgehead atoms. The summed E-state index contributed by atoms with van der Waals surface area (Å²) in [5.74, 6) is 0.711. The van der Waals surface area contributed by atoms with Gasteiger partial charge in [-0.15, -0.1) is 0 Å². The van der Waals surface area contributed by atoms with E-state index in [0.29, 0.717) is 25.4 Å². The van der Waals surface area contributed by atoms with Crippen LogP contribution in [0.1, 0.15) is 0 Å². The molecule has 20 heavy (non-hydrogen) atoms. The Bertz CT molecular complexity index is 489. The maximum Gasteiger partial charge on any atom is 0.269 e. The lowest BCUT2D eigenvalue weighted by atomic mass is 10.3. The average Bonchev–Trinajstić information content (AvgIpc) is 2.43. The first-order valence-corrected chi connectivity index (χ1v) is 6.40. The van der Waals surface area contributed by atoms with Gasteiger partial charge in [0.05, 0.1) is 11.5 Å². The van der Waals surface area contributed by atoms with E-state index in [1.165, 1.54) is 12.1 Å². The minimum absolute atomic E-state index is 0.0435. The highest BCUT2D eigenvalue weighted by Crippen LogP contribution is 2.17. The van der Waals surface area contributed by atoms with Crippen LogP contribution in [0.2, 0.25) is 0 Å². The van der Waals surface area contributed by atoms with Crippen LogP contribution in [0, 0.1) is 10.1 Å². The van der Waals surface area contributed by atoms with E-state index in [0.717, 1.165) is 13.1 Å². The molecule has 1 aromatic carbocycles. The summed E-state index contributed by atoms with van der Waals surface area (Å²) in [5.41, 5.74) is 0.0435. The molecule has 7 heteroatoms. The van der Waals surface area contributed by atoms with Gasteiger partial charge < -0.3 is 9.64 Å². The predicted molar refractivity (Wildman–Crippen MR) is 72.7 cm³/mol. The number of benzene rings is 1. The van der Waals surface area contributed by atoms with Gasteiger partial charge in [0.15, 0.2) is 0 Å². The van der Waals surface area contributed by atoms with Crippen LogP contribution in [-0.2, 0) is 4.79 Å². The number of non-ortho nitro benzene ring substituents is 1. The first kappa shape index (κ1) is 14.3. The molecule has 1 aromatic rings. The summed E-state index contributed by atoms with van der Waals surface area (Å²) in [6.45, 7) is 3.10. The molecule has 0 atom stereocenters. The molecule has 1 heterocycles. The number of hydrogen-bond acceptors (Lipinski definition) is 5. The molecule has 0 N–H and O–H groups in total. The molecule has 0 aliphatic carbocycles. The van der Waals surface area contributed by atoms with E-state index in [1.54, 1.807) is 24.1 Å². The molecule has 0 saturated carbocycles. The molecular weight excluding hydrogens is 262 g/mol. The van der Waals surface area contributed by atoms with Gasteiger partial charge in [-0.2, -0.15) is 0 Å². The molecule has 0 radical (unpaired) electrons. The fourth-order valence-electron chi connectivity index (χ4n) is 1.95. The van der Waals surface area contributed by atoms with Gasteiger partial charge in [0, 0.05) is 38.8 Å². The van der Waals surface area contributed by atoms with E-state index in [1.807, 2.05) is 4.90 Å². The van der Waals surface area contributed by atoms with Crippen molar-refractivity contribution in [2.24, 2.45) is 0 Å². The number of amides is 1. The summed E-state index contributed by atoms with van der Waals surface area (Å²) in [4.78, 5) is 25.3. The maximum absolute atomic E-state index is 11.5. The van der Waals surface area contributed by atoms with Gasteiger partial charge in [-0.1, -0.05) is 0 Å². The van der Waals surface area contributed by atoms with Gasteiger partial charge in [-0.25, -0.2) is 0 Å². The van der Waals surface area contributed by atoms with E-state index < -0.39 is 4.92 Å². The number of nitrogens with zero attached hydrogens (tertiary/aromatic N) is 3. The number of carbonyl (C=O) groups is 1. The number of rotatable bonds is 5.